The third-order valence-corrected chi connectivity index (χ3v) is 4.49. The Morgan fingerprint density at radius 1 is 0.875 bits per heavy atom. The summed E-state index contributed by atoms with van der Waals surface area (Å²) in [5.74, 6) is 2.19. The monoisotopic (exact) mass is 329 g/mol. The molecule has 0 fully saturated rings. The minimum atomic E-state index is 0.243. The molecular formula is C20H27NO3. The molecule has 0 saturated carbocycles. The molecule has 24 heavy (non-hydrogen) atoms. The zero-order valence-corrected chi connectivity index (χ0v) is 15.2. The predicted octanol–water partition coefficient (Wildman–Crippen LogP) is 3.61. The van der Waals surface area contributed by atoms with Crippen LogP contribution in [-0.4, -0.2) is 27.9 Å². The highest BCUT2D eigenvalue weighted by molar-refractivity contribution is 5.54. The van der Waals surface area contributed by atoms with Crippen LogP contribution in [0.2, 0.25) is 0 Å². The summed E-state index contributed by atoms with van der Waals surface area (Å²) >= 11 is 0. The highest BCUT2D eigenvalue weighted by Crippen LogP contribution is 2.39. The highest BCUT2D eigenvalue weighted by atomic mass is 16.5. The summed E-state index contributed by atoms with van der Waals surface area (Å²) in [5, 5.41) is 0. The van der Waals surface area contributed by atoms with E-state index in [2.05, 4.69) is 32.0 Å². The minimum absolute atomic E-state index is 0.243. The van der Waals surface area contributed by atoms with E-state index in [9.17, 15) is 0 Å². The van der Waals surface area contributed by atoms with Crippen molar-refractivity contribution in [2.75, 3.05) is 27.9 Å². The topological polar surface area (TPSA) is 53.7 Å². The van der Waals surface area contributed by atoms with Gasteiger partial charge in [-0.05, 0) is 61.2 Å². The molecule has 2 aromatic carbocycles. The van der Waals surface area contributed by atoms with Crippen molar-refractivity contribution >= 4 is 0 Å². The smallest absolute Gasteiger partial charge is 0.203 e. The van der Waals surface area contributed by atoms with Gasteiger partial charge < -0.3 is 19.9 Å². The number of aryl methyl sites for hydroxylation is 2. The molecule has 0 amide bonds. The molecule has 0 aliphatic rings. The van der Waals surface area contributed by atoms with E-state index in [0.29, 0.717) is 23.8 Å². The van der Waals surface area contributed by atoms with Crippen LogP contribution >= 0.6 is 0 Å². The summed E-state index contributed by atoms with van der Waals surface area (Å²) in [6.45, 7) is 4.83. The third-order valence-electron chi connectivity index (χ3n) is 4.49. The summed E-state index contributed by atoms with van der Waals surface area (Å²) in [4.78, 5) is 0. The molecule has 0 aromatic heterocycles. The molecule has 2 aromatic rings. The molecule has 0 radical (unpaired) electrons. The zero-order valence-electron chi connectivity index (χ0n) is 15.2. The lowest BCUT2D eigenvalue weighted by Gasteiger charge is -2.19. The Hall–Kier alpha value is -2.20. The van der Waals surface area contributed by atoms with Gasteiger partial charge in [-0.3, -0.25) is 0 Å². The van der Waals surface area contributed by atoms with Gasteiger partial charge in [0.15, 0.2) is 11.5 Å². The maximum absolute atomic E-state index is 6.05. The third kappa shape index (κ3) is 3.82. The zero-order chi connectivity index (χ0) is 17.7. The van der Waals surface area contributed by atoms with Crippen LogP contribution in [0.15, 0.2) is 30.3 Å². The van der Waals surface area contributed by atoms with Gasteiger partial charge in [0, 0.05) is 5.92 Å². The molecule has 1 unspecified atom stereocenters. The highest BCUT2D eigenvalue weighted by Gasteiger charge is 2.17. The van der Waals surface area contributed by atoms with Gasteiger partial charge in [-0.15, -0.1) is 0 Å². The fourth-order valence-electron chi connectivity index (χ4n) is 2.89. The Kier molecular flexibility index (Phi) is 6.10. The van der Waals surface area contributed by atoms with Gasteiger partial charge in [0.2, 0.25) is 5.75 Å². The summed E-state index contributed by atoms with van der Waals surface area (Å²) in [6, 6.07) is 10.5. The van der Waals surface area contributed by atoms with Gasteiger partial charge in [0.1, 0.15) is 0 Å². The quantitative estimate of drug-likeness (QED) is 0.843. The number of rotatable bonds is 7. The van der Waals surface area contributed by atoms with Crippen LogP contribution < -0.4 is 19.9 Å². The molecule has 130 valence electrons. The van der Waals surface area contributed by atoms with Crippen LogP contribution in [0.3, 0.4) is 0 Å². The maximum atomic E-state index is 6.05. The second-order valence-electron chi connectivity index (χ2n) is 6.01. The van der Waals surface area contributed by atoms with Crippen molar-refractivity contribution in [1.82, 2.24) is 0 Å². The van der Waals surface area contributed by atoms with Crippen molar-refractivity contribution in [2.24, 2.45) is 5.73 Å². The average molecular weight is 329 g/mol. The second-order valence-corrected chi connectivity index (χ2v) is 6.01. The van der Waals surface area contributed by atoms with Gasteiger partial charge in [0.05, 0.1) is 21.3 Å². The van der Waals surface area contributed by atoms with E-state index in [1.165, 1.54) is 16.7 Å². The Labute approximate surface area is 144 Å². The summed E-state index contributed by atoms with van der Waals surface area (Å²) in [7, 11) is 4.87. The Balaban J connectivity index is 2.35. The van der Waals surface area contributed by atoms with Gasteiger partial charge >= 0.3 is 0 Å². The minimum Gasteiger partial charge on any atom is -0.493 e. The van der Waals surface area contributed by atoms with Gasteiger partial charge in [0.25, 0.3) is 0 Å². The molecule has 1 atom stereocenters. The van der Waals surface area contributed by atoms with E-state index in [4.69, 9.17) is 19.9 Å². The summed E-state index contributed by atoms with van der Waals surface area (Å²) in [6.07, 6.45) is 0.815. The first-order chi connectivity index (χ1) is 11.5. The first kappa shape index (κ1) is 18.1. The SMILES string of the molecule is COc1cc(CC(CN)c2ccc(C)c(C)c2)cc(OC)c1OC. The first-order valence-electron chi connectivity index (χ1n) is 8.10. The van der Waals surface area contributed by atoms with Gasteiger partial charge in [-0.2, -0.15) is 0 Å². The number of hydrogen-bond donors (Lipinski definition) is 1. The lowest BCUT2D eigenvalue weighted by Crippen LogP contribution is -2.15. The van der Waals surface area contributed by atoms with E-state index >= 15 is 0 Å². The standard InChI is InChI=1S/C20H27NO3/c1-13-6-7-16(8-14(13)2)17(12-21)9-15-10-18(22-3)20(24-5)19(11-15)23-4/h6-8,10-11,17H,9,12,21H2,1-5H3. The average Bonchev–Trinajstić information content (AvgIpc) is 2.61. The fraction of sp³-hybridized carbons (Fsp3) is 0.400. The van der Waals surface area contributed by atoms with E-state index in [1.807, 2.05) is 12.1 Å². The van der Waals surface area contributed by atoms with Crippen LogP contribution in [0.1, 0.15) is 28.2 Å². The number of nitrogens with two attached hydrogens (primary N) is 1. The van der Waals surface area contributed by atoms with Crippen molar-refractivity contribution in [3.63, 3.8) is 0 Å². The molecule has 0 spiro atoms. The lowest BCUT2D eigenvalue weighted by molar-refractivity contribution is 0.323. The van der Waals surface area contributed by atoms with Crippen molar-refractivity contribution in [2.45, 2.75) is 26.2 Å². The second kappa shape index (κ2) is 8.06. The van der Waals surface area contributed by atoms with Crippen LogP contribution in [0.4, 0.5) is 0 Å². The van der Waals surface area contributed by atoms with Crippen molar-refractivity contribution < 1.29 is 14.2 Å². The molecule has 0 saturated heterocycles. The van der Waals surface area contributed by atoms with Crippen molar-refractivity contribution in [1.29, 1.82) is 0 Å². The van der Waals surface area contributed by atoms with Crippen LogP contribution in [0.5, 0.6) is 17.2 Å². The molecular weight excluding hydrogens is 302 g/mol. The number of methoxy groups -OCH3 is 3. The molecule has 4 nitrogen and oxygen atoms in total. The molecule has 4 heteroatoms. The molecule has 2 rings (SSSR count). The molecule has 2 N–H and O–H groups in total. The number of benzene rings is 2. The fourth-order valence-corrected chi connectivity index (χ4v) is 2.89. The van der Waals surface area contributed by atoms with Crippen LogP contribution in [0, 0.1) is 13.8 Å². The summed E-state index contributed by atoms with van der Waals surface area (Å²) < 4.78 is 16.3. The van der Waals surface area contributed by atoms with E-state index in [1.54, 1.807) is 21.3 Å². The number of hydrogen-bond acceptors (Lipinski definition) is 4. The predicted molar refractivity (Wildman–Crippen MR) is 97.5 cm³/mol. The summed E-state index contributed by atoms with van der Waals surface area (Å²) in [5.41, 5.74) is 11.0. The van der Waals surface area contributed by atoms with Gasteiger partial charge in [-0.1, -0.05) is 18.2 Å². The molecule has 0 aliphatic carbocycles. The Morgan fingerprint density at radius 3 is 1.96 bits per heavy atom. The Bertz CT molecular complexity index is 672. The van der Waals surface area contributed by atoms with E-state index in [0.717, 1.165) is 12.0 Å². The molecule has 0 aliphatic heterocycles. The lowest BCUT2D eigenvalue weighted by atomic mass is 9.90. The van der Waals surface area contributed by atoms with Crippen molar-refractivity contribution in [3.8, 4) is 17.2 Å². The van der Waals surface area contributed by atoms with Crippen LogP contribution in [0.25, 0.3) is 0 Å². The first-order valence-corrected chi connectivity index (χ1v) is 8.10. The largest absolute Gasteiger partial charge is 0.493 e. The molecule has 0 bridgehead atoms. The van der Waals surface area contributed by atoms with Crippen molar-refractivity contribution in [3.05, 3.63) is 52.6 Å². The van der Waals surface area contributed by atoms with Crippen LogP contribution in [-0.2, 0) is 6.42 Å². The van der Waals surface area contributed by atoms with Gasteiger partial charge in [-0.25, -0.2) is 0 Å². The van der Waals surface area contributed by atoms with E-state index in [-0.39, 0.29) is 5.92 Å². The normalized spacial score (nSPS) is 11.9. The molecule has 0 heterocycles. The number of ether oxygens (including phenoxy) is 3. The maximum Gasteiger partial charge on any atom is 0.203 e. The van der Waals surface area contributed by atoms with E-state index < -0.39 is 0 Å². The Morgan fingerprint density at radius 2 is 1.50 bits per heavy atom.